The molecule has 9 nitrogen and oxygen atoms in total. The second kappa shape index (κ2) is 7.28. The summed E-state index contributed by atoms with van der Waals surface area (Å²) in [7, 11) is 4.47. The Hall–Kier alpha value is -3.07. The number of benzene rings is 1. The van der Waals surface area contributed by atoms with Gasteiger partial charge < -0.3 is 15.2 Å². The van der Waals surface area contributed by atoms with E-state index in [0.29, 0.717) is 24.7 Å². The fourth-order valence-corrected chi connectivity index (χ4v) is 3.01. The van der Waals surface area contributed by atoms with E-state index in [9.17, 15) is 14.4 Å². The molecule has 1 aliphatic heterocycles. The number of likely N-dealkylation sites (N-methyl/N-ethyl adjacent to an activating group) is 1. The number of carbonyl (C=O) groups excluding carboxylic acids is 1. The number of aromatic nitrogens is 2. The molecule has 0 aliphatic carbocycles. The SMILES string of the molecule is CN(CC(=O)c1c(N)n(C)c(=O)n(C)c1=O)CC1COc2ccccc2O1. The van der Waals surface area contributed by atoms with Crippen LogP contribution in [-0.2, 0) is 14.1 Å². The molecule has 144 valence electrons. The molecule has 9 heteroatoms. The second-order valence-corrected chi connectivity index (χ2v) is 6.58. The van der Waals surface area contributed by atoms with E-state index in [0.717, 1.165) is 9.13 Å². The van der Waals surface area contributed by atoms with Crippen LogP contribution in [0.3, 0.4) is 0 Å². The lowest BCUT2D eigenvalue weighted by Crippen LogP contribution is -2.44. The van der Waals surface area contributed by atoms with Crippen LogP contribution >= 0.6 is 0 Å². The molecule has 0 amide bonds. The van der Waals surface area contributed by atoms with Crippen molar-refractivity contribution < 1.29 is 14.3 Å². The number of rotatable bonds is 5. The Bertz CT molecular complexity index is 994. The van der Waals surface area contributed by atoms with Gasteiger partial charge in [0.05, 0.1) is 6.54 Å². The molecule has 1 unspecified atom stereocenters. The number of para-hydroxylation sites is 2. The monoisotopic (exact) mass is 374 g/mol. The highest BCUT2D eigenvalue weighted by molar-refractivity contribution is 6.01. The van der Waals surface area contributed by atoms with Gasteiger partial charge in [-0.1, -0.05) is 12.1 Å². The third kappa shape index (κ3) is 3.59. The Morgan fingerprint density at radius 3 is 2.59 bits per heavy atom. The van der Waals surface area contributed by atoms with Crippen molar-refractivity contribution >= 4 is 11.6 Å². The number of Topliss-reactive ketones (excluding diaryl/α,β-unsaturated/α-hetero) is 1. The number of nitrogen functional groups attached to an aromatic ring is 1. The maximum absolute atomic E-state index is 12.6. The Kier molecular flexibility index (Phi) is 5.04. The van der Waals surface area contributed by atoms with E-state index in [-0.39, 0.29) is 24.0 Å². The number of carbonyl (C=O) groups is 1. The quantitative estimate of drug-likeness (QED) is 0.711. The first kappa shape index (κ1) is 18.7. The number of anilines is 1. The van der Waals surface area contributed by atoms with Gasteiger partial charge in [0.2, 0.25) is 0 Å². The molecule has 1 atom stereocenters. The number of hydrogen-bond donors (Lipinski definition) is 1. The molecule has 0 bridgehead atoms. The number of nitrogens with two attached hydrogens (primary N) is 1. The minimum Gasteiger partial charge on any atom is -0.486 e. The summed E-state index contributed by atoms with van der Waals surface area (Å²) in [5.74, 6) is 0.759. The van der Waals surface area contributed by atoms with Crippen LogP contribution in [0.5, 0.6) is 11.5 Å². The van der Waals surface area contributed by atoms with Gasteiger partial charge in [0.1, 0.15) is 24.1 Å². The maximum atomic E-state index is 12.6. The molecular weight excluding hydrogens is 352 g/mol. The summed E-state index contributed by atoms with van der Waals surface area (Å²) >= 11 is 0. The number of ether oxygens (including phenoxy) is 2. The Morgan fingerprint density at radius 2 is 1.89 bits per heavy atom. The van der Waals surface area contributed by atoms with Gasteiger partial charge in [0.25, 0.3) is 5.56 Å². The van der Waals surface area contributed by atoms with E-state index in [1.165, 1.54) is 14.1 Å². The minimum absolute atomic E-state index is 0.0425. The molecule has 0 fully saturated rings. The first-order chi connectivity index (χ1) is 12.8. The van der Waals surface area contributed by atoms with Crippen LogP contribution in [0.15, 0.2) is 33.9 Å². The fourth-order valence-electron chi connectivity index (χ4n) is 3.01. The molecule has 1 aliphatic rings. The number of hydrogen-bond acceptors (Lipinski definition) is 7. The van der Waals surface area contributed by atoms with Crippen molar-refractivity contribution in [3.8, 4) is 11.5 Å². The zero-order chi connectivity index (χ0) is 19.7. The first-order valence-electron chi connectivity index (χ1n) is 8.45. The van der Waals surface area contributed by atoms with Crippen LogP contribution in [0.2, 0.25) is 0 Å². The summed E-state index contributed by atoms with van der Waals surface area (Å²) in [5.41, 5.74) is 4.38. The van der Waals surface area contributed by atoms with Crippen molar-refractivity contribution in [2.75, 3.05) is 32.5 Å². The predicted octanol–water partition coefficient (Wildman–Crippen LogP) is -0.379. The zero-order valence-corrected chi connectivity index (χ0v) is 15.5. The lowest BCUT2D eigenvalue weighted by Gasteiger charge is -2.29. The normalized spacial score (nSPS) is 15.8. The van der Waals surface area contributed by atoms with Crippen LogP contribution < -0.4 is 26.5 Å². The Balaban J connectivity index is 1.71. The minimum atomic E-state index is -0.694. The van der Waals surface area contributed by atoms with E-state index < -0.39 is 17.0 Å². The van der Waals surface area contributed by atoms with Gasteiger partial charge in [-0.3, -0.25) is 23.6 Å². The van der Waals surface area contributed by atoms with Crippen molar-refractivity contribution in [2.45, 2.75) is 6.10 Å². The van der Waals surface area contributed by atoms with E-state index in [1.54, 1.807) is 11.9 Å². The summed E-state index contributed by atoms with van der Waals surface area (Å²) in [6.07, 6.45) is -0.252. The highest BCUT2D eigenvalue weighted by atomic mass is 16.6. The third-order valence-electron chi connectivity index (χ3n) is 4.49. The van der Waals surface area contributed by atoms with Crippen LogP contribution in [0.1, 0.15) is 10.4 Å². The van der Waals surface area contributed by atoms with Crippen LogP contribution in [0, 0.1) is 0 Å². The molecule has 1 aromatic heterocycles. The molecule has 2 heterocycles. The number of fused-ring (bicyclic) bond motifs is 1. The van der Waals surface area contributed by atoms with Gasteiger partial charge >= 0.3 is 5.69 Å². The summed E-state index contributed by atoms with van der Waals surface area (Å²) < 4.78 is 13.5. The molecule has 0 saturated heterocycles. The van der Waals surface area contributed by atoms with Crippen LogP contribution in [-0.4, -0.2) is 52.7 Å². The second-order valence-electron chi connectivity index (χ2n) is 6.58. The molecule has 0 radical (unpaired) electrons. The van der Waals surface area contributed by atoms with Crippen LogP contribution in [0.4, 0.5) is 5.82 Å². The Labute approximate surface area is 155 Å². The third-order valence-corrected chi connectivity index (χ3v) is 4.49. The van der Waals surface area contributed by atoms with Gasteiger partial charge in [-0.2, -0.15) is 0 Å². The molecule has 0 spiro atoms. The first-order valence-corrected chi connectivity index (χ1v) is 8.45. The van der Waals surface area contributed by atoms with E-state index in [1.807, 2.05) is 24.3 Å². The number of ketones is 1. The lowest BCUT2D eigenvalue weighted by atomic mass is 10.1. The summed E-state index contributed by atoms with van der Waals surface area (Å²) in [5, 5.41) is 0. The van der Waals surface area contributed by atoms with Gasteiger partial charge in [-0.15, -0.1) is 0 Å². The van der Waals surface area contributed by atoms with Crippen molar-refractivity contribution in [3.63, 3.8) is 0 Å². The average Bonchev–Trinajstić information content (AvgIpc) is 2.64. The summed E-state index contributed by atoms with van der Waals surface area (Å²) in [6, 6.07) is 7.38. The molecule has 3 rings (SSSR count). The maximum Gasteiger partial charge on any atom is 0.332 e. The predicted molar refractivity (Wildman–Crippen MR) is 99.5 cm³/mol. The van der Waals surface area contributed by atoms with Gasteiger partial charge in [0.15, 0.2) is 17.3 Å². The van der Waals surface area contributed by atoms with Crippen molar-refractivity contribution in [1.29, 1.82) is 0 Å². The summed E-state index contributed by atoms with van der Waals surface area (Å²) in [6.45, 7) is 0.741. The van der Waals surface area contributed by atoms with Gasteiger partial charge in [0, 0.05) is 20.6 Å². The van der Waals surface area contributed by atoms with Crippen molar-refractivity contribution in [1.82, 2.24) is 14.0 Å². The van der Waals surface area contributed by atoms with Crippen molar-refractivity contribution in [3.05, 3.63) is 50.7 Å². The highest BCUT2D eigenvalue weighted by Crippen LogP contribution is 2.30. The van der Waals surface area contributed by atoms with Crippen molar-refractivity contribution in [2.24, 2.45) is 14.1 Å². The van der Waals surface area contributed by atoms with Gasteiger partial charge in [-0.05, 0) is 19.2 Å². The highest BCUT2D eigenvalue weighted by Gasteiger charge is 2.25. The Morgan fingerprint density at radius 1 is 1.22 bits per heavy atom. The lowest BCUT2D eigenvalue weighted by molar-refractivity contribution is 0.0623. The zero-order valence-electron chi connectivity index (χ0n) is 15.5. The standard InChI is InChI=1S/C18H22N4O5/c1-20(8-11-10-26-13-6-4-5-7-14(13)27-11)9-12(23)15-16(19)21(2)18(25)22(3)17(15)24/h4-7,11H,8-10,19H2,1-3H3. The largest absolute Gasteiger partial charge is 0.486 e. The van der Waals surface area contributed by atoms with E-state index >= 15 is 0 Å². The molecule has 27 heavy (non-hydrogen) atoms. The summed E-state index contributed by atoms with van der Waals surface area (Å²) in [4.78, 5) is 38.5. The smallest absolute Gasteiger partial charge is 0.332 e. The fraction of sp³-hybridized carbons (Fsp3) is 0.389. The number of nitrogens with zero attached hydrogens (tertiary/aromatic N) is 3. The molecule has 2 N–H and O–H groups in total. The van der Waals surface area contributed by atoms with Gasteiger partial charge in [-0.25, -0.2) is 4.79 Å². The van der Waals surface area contributed by atoms with E-state index in [2.05, 4.69) is 0 Å². The molecule has 0 saturated carbocycles. The van der Waals surface area contributed by atoms with Crippen LogP contribution in [0.25, 0.3) is 0 Å². The molecular formula is C18H22N4O5. The molecule has 2 aromatic rings. The average molecular weight is 374 g/mol. The molecule has 1 aromatic carbocycles. The topological polar surface area (TPSA) is 109 Å². The van der Waals surface area contributed by atoms with E-state index in [4.69, 9.17) is 15.2 Å².